The van der Waals surface area contributed by atoms with Gasteiger partial charge in [0, 0.05) is 23.2 Å². The second kappa shape index (κ2) is 9.27. The Morgan fingerprint density at radius 2 is 2.00 bits per heavy atom. The fraction of sp³-hybridized carbons (Fsp3) is 0.565. The third-order valence-corrected chi connectivity index (χ3v) is 7.51. The Morgan fingerprint density at radius 1 is 1.23 bits per heavy atom. The van der Waals surface area contributed by atoms with E-state index in [0.29, 0.717) is 11.6 Å². The van der Waals surface area contributed by atoms with Crippen molar-refractivity contribution in [3.05, 3.63) is 35.4 Å². The molecule has 0 radical (unpaired) electrons. The number of nitrogens with zero attached hydrogens (tertiary/aromatic N) is 4. The van der Waals surface area contributed by atoms with Gasteiger partial charge in [-0.3, -0.25) is 9.84 Å². The van der Waals surface area contributed by atoms with Gasteiger partial charge in [-0.05, 0) is 44.1 Å². The van der Waals surface area contributed by atoms with Gasteiger partial charge in [-0.15, -0.1) is 13.2 Å². The van der Waals surface area contributed by atoms with E-state index in [-0.39, 0.29) is 47.1 Å². The van der Waals surface area contributed by atoms with Crippen molar-refractivity contribution in [3.8, 4) is 0 Å². The number of nitrogens with one attached hydrogen (secondary N) is 3. The van der Waals surface area contributed by atoms with Gasteiger partial charge in [-0.2, -0.15) is 10.2 Å². The highest BCUT2D eigenvalue weighted by atomic mass is 19.4. The molecule has 3 N–H and O–H groups in total. The van der Waals surface area contributed by atoms with Gasteiger partial charge >= 0.3 is 12.5 Å². The molecule has 0 aromatic carbocycles. The number of alkyl halides is 6. The summed E-state index contributed by atoms with van der Waals surface area (Å²) in [4.78, 5) is 16.1. The van der Waals surface area contributed by atoms with Crippen LogP contribution in [-0.4, -0.2) is 55.1 Å². The number of aromatic amines is 1. The highest BCUT2D eigenvalue weighted by Gasteiger charge is 2.58. The minimum absolute atomic E-state index is 0.0847. The average molecular weight is 559 g/mol. The van der Waals surface area contributed by atoms with Crippen LogP contribution in [0.4, 0.5) is 42.8 Å². The maximum Gasteiger partial charge on any atom is 0.522 e. The Labute approximate surface area is 216 Å². The van der Waals surface area contributed by atoms with E-state index in [1.807, 2.05) is 0 Å². The van der Waals surface area contributed by atoms with E-state index in [0.717, 1.165) is 30.0 Å². The minimum atomic E-state index is -4.89. The zero-order valence-corrected chi connectivity index (χ0v) is 20.1. The number of amides is 1. The van der Waals surface area contributed by atoms with E-state index in [1.54, 1.807) is 6.07 Å². The topological polar surface area (TPSA) is 118 Å². The number of hydrogen-bond donors (Lipinski definition) is 3. The molecule has 4 fully saturated rings. The minimum Gasteiger partial charge on any atom is -0.443 e. The summed E-state index contributed by atoms with van der Waals surface area (Å²) in [6.07, 6.45) is -6.78. The van der Waals surface area contributed by atoms with Crippen molar-refractivity contribution in [2.45, 2.75) is 75.2 Å². The molecular formula is C23H23F6N7O3. The number of halogens is 6. The summed E-state index contributed by atoms with van der Waals surface area (Å²) in [5.41, 5.74) is -0.369. The third-order valence-electron chi connectivity index (χ3n) is 7.51. The van der Waals surface area contributed by atoms with Crippen molar-refractivity contribution in [1.29, 1.82) is 0 Å². The number of H-pyrrole nitrogens is 1. The number of carbonyl (C=O) groups is 1. The molecule has 0 spiro atoms. The molecule has 0 aliphatic heterocycles. The molecule has 3 heterocycles. The summed E-state index contributed by atoms with van der Waals surface area (Å²) in [6, 6.07) is 2.76. The largest absolute Gasteiger partial charge is 0.522 e. The van der Waals surface area contributed by atoms with Gasteiger partial charge in [0.05, 0.1) is 11.9 Å². The Kier molecular flexibility index (Phi) is 6.11. The van der Waals surface area contributed by atoms with E-state index in [4.69, 9.17) is 4.74 Å². The molecule has 3 aromatic heterocycles. The van der Waals surface area contributed by atoms with Crippen LogP contribution >= 0.6 is 0 Å². The second-order valence-corrected chi connectivity index (χ2v) is 10.4. The lowest BCUT2D eigenvalue weighted by atomic mass is 9.50. The van der Waals surface area contributed by atoms with Crippen LogP contribution in [0, 0.1) is 5.92 Å². The Balaban J connectivity index is 1.14. The van der Waals surface area contributed by atoms with E-state index >= 15 is 0 Å². The summed E-state index contributed by atoms with van der Waals surface area (Å²) in [6.45, 7) is -0.921. The summed E-state index contributed by atoms with van der Waals surface area (Å²) in [5, 5.41) is 16.3. The fourth-order valence-corrected chi connectivity index (χ4v) is 5.55. The normalized spacial score (nSPS) is 27.9. The molecule has 3 aromatic rings. The van der Waals surface area contributed by atoms with Crippen molar-refractivity contribution in [1.82, 2.24) is 30.1 Å². The van der Waals surface area contributed by atoms with Gasteiger partial charge in [-0.25, -0.2) is 27.5 Å². The summed E-state index contributed by atoms with van der Waals surface area (Å²) < 4.78 is 88.9. The molecule has 39 heavy (non-hydrogen) atoms. The highest BCUT2D eigenvalue weighted by Crippen LogP contribution is 2.57. The molecule has 7 rings (SSSR count). The van der Waals surface area contributed by atoms with Crippen LogP contribution in [0.3, 0.4) is 0 Å². The monoisotopic (exact) mass is 559 g/mol. The first-order valence-corrected chi connectivity index (χ1v) is 12.3. The van der Waals surface area contributed by atoms with Crippen LogP contribution < -0.4 is 10.6 Å². The van der Waals surface area contributed by atoms with Crippen molar-refractivity contribution >= 4 is 23.2 Å². The third kappa shape index (κ3) is 5.21. The predicted octanol–water partition coefficient (Wildman–Crippen LogP) is 5.03. The standard InChI is InChI=1S/C23H23F6N7O3/c24-13-1-11(2-17(13)39-21(37)32-22-5-10(6-22)7-22)14-4-18(34-33-14)31-20-16-3-12(9-38-23(27,28)29)35-36(16)8-15(30-20)19(25)26/h3-4,8,10-11,13,17,19H,1-2,5-7,9H2,(H,32,37)(H2,30,31,33,34)/t10?,11-,13+,17-,22?/m0/s1. The number of rotatable bonds is 8. The number of alkyl carbamates (subject to hydrolysis) is 1. The zero-order valence-electron chi connectivity index (χ0n) is 20.1. The Morgan fingerprint density at radius 3 is 2.67 bits per heavy atom. The molecule has 4 aliphatic carbocycles. The first kappa shape index (κ1) is 25.7. The molecule has 0 unspecified atom stereocenters. The van der Waals surface area contributed by atoms with Gasteiger partial charge in [0.15, 0.2) is 11.6 Å². The average Bonchev–Trinajstić information content (AvgIpc) is 3.52. The number of carbonyl (C=O) groups excluding carboxylic acids is 1. The van der Waals surface area contributed by atoms with Crippen molar-refractivity contribution < 1.29 is 40.6 Å². The van der Waals surface area contributed by atoms with Gasteiger partial charge in [0.2, 0.25) is 0 Å². The van der Waals surface area contributed by atoms with Gasteiger partial charge in [0.1, 0.15) is 30.1 Å². The number of aromatic nitrogens is 5. The quantitative estimate of drug-likeness (QED) is 0.331. The van der Waals surface area contributed by atoms with Gasteiger partial charge < -0.3 is 15.4 Å². The summed E-state index contributed by atoms with van der Waals surface area (Å²) in [5.74, 6) is 0.346. The van der Waals surface area contributed by atoms with Crippen LogP contribution in [0.2, 0.25) is 0 Å². The van der Waals surface area contributed by atoms with E-state index < -0.39 is 43.5 Å². The van der Waals surface area contributed by atoms with Gasteiger partial charge in [0.25, 0.3) is 6.43 Å². The zero-order chi connectivity index (χ0) is 27.5. The highest BCUT2D eigenvalue weighted by molar-refractivity contribution is 5.73. The van der Waals surface area contributed by atoms with Crippen molar-refractivity contribution in [2.75, 3.05) is 5.32 Å². The van der Waals surface area contributed by atoms with Crippen LogP contribution in [0.15, 0.2) is 18.3 Å². The first-order valence-electron chi connectivity index (χ1n) is 12.3. The number of fused-ring (bicyclic) bond motifs is 1. The maximum atomic E-state index is 14.7. The summed E-state index contributed by atoms with van der Waals surface area (Å²) >= 11 is 0. The molecule has 210 valence electrons. The molecule has 2 bridgehead atoms. The predicted molar refractivity (Wildman–Crippen MR) is 121 cm³/mol. The molecule has 1 amide bonds. The first-order chi connectivity index (χ1) is 18.5. The second-order valence-electron chi connectivity index (χ2n) is 10.4. The number of hydrogen-bond acceptors (Lipinski definition) is 7. The van der Waals surface area contributed by atoms with Crippen LogP contribution in [0.1, 0.15) is 61.5 Å². The lowest BCUT2D eigenvalue weighted by molar-refractivity contribution is -0.330. The van der Waals surface area contributed by atoms with E-state index in [2.05, 4.69) is 35.7 Å². The van der Waals surface area contributed by atoms with Crippen LogP contribution in [0.25, 0.3) is 5.52 Å². The van der Waals surface area contributed by atoms with Crippen LogP contribution in [0.5, 0.6) is 0 Å². The molecule has 3 atom stereocenters. The molecular weight excluding hydrogens is 536 g/mol. The van der Waals surface area contributed by atoms with E-state index in [9.17, 15) is 31.1 Å². The van der Waals surface area contributed by atoms with Gasteiger partial charge in [-0.1, -0.05) is 0 Å². The summed E-state index contributed by atoms with van der Waals surface area (Å²) in [7, 11) is 0. The molecule has 4 saturated carbocycles. The fourth-order valence-electron chi connectivity index (χ4n) is 5.55. The number of anilines is 2. The Bertz CT molecular complexity index is 1380. The lowest BCUT2D eigenvalue weighted by Crippen LogP contribution is -2.68. The maximum absolute atomic E-state index is 14.7. The molecule has 4 aliphatic rings. The van der Waals surface area contributed by atoms with Crippen molar-refractivity contribution in [2.24, 2.45) is 5.92 Å². The number of ether oxygens (including phenoxy) is 2. The SMILES string of the molecule is O=C(NC12CC(C1)C2)O[C@H]1C[C@@H](c2cc(Nc3nc(C(F)F)cn4nc(COC(F)(F)F)cc34)n[nH]2)C[C@H]1F. The Hall–Kier alpha value is -3.56. The lowest BCUT2D eigenvalue weighted by Gasteiger charge is -2.61. The molecule has 16 heteroatoms. The van der Waals surface area contributed by atoms with E-state index in [1.165, 1.54) is 6.07 Å². The van der Waals surface area contributed by atoms with Crippen molar-refractivity contribution in [3.63, 3.8) is 0 Å². The molecule has 0 saturated heterocycles. The molecule has 10 nitrogen and oxygen atoms in total. The smallest absolute Gasteiger partial charge is 0.443 e. The van der Waals surface area contributed by atoms with Crippen LogP contribution in [-0.2, 0) is 16.1 Å².